The molecule has 0 saturated heterocycles. The Bertz CT molecular complexity index is 220. The predicted molar refractivity (Wildman–Crippen MR) is 118 cm³/mol. The van der Waals surface area contributed by atoms with Crippen molar-refractivity contribution in [1.29, 1.82) is 0 Å². The Morgan fingerprint density at radius 1 is 0.333 bits per heavy atom. The fraction of sp³-hybridized carbons (Fsp3) is 1.00. The van der Waals surface area contributed by atoms with Crippen LogP contribution in [0, 0.1) is 0 Å². The van der Waals surface area contributed by atoms with Crippen molar-refractivity contribution in [3.8, 4) is 0 Å². The lowest BCUT2D eigenvalue weighted by molar-refractivity contribution is 0.620. The van der Waals surface area contributed by atoms with E-state index in [1.807, 2.05) is 0 Å². The Labute approximate surface area is 156 Å². The van der Waals surface area contributed by atoms with E-state index in [-0.39, 0.29) is 0 Å². The lowest BCUT2D eigenvalue weighted by Crippen LogP contribution is -2.12. The Hall–Kier alpha value is 0.430. The van der Waals surface area contributed by atoms with Crippen LogP contribution in [0.25, 0.3) is 0 Å². The molecule has 24 heavy (non-hydrogen) atoms. The average molecular weight is 358 g/mol. The lowest BCUT2D eigenvalue weighted by Gasteiger charge is -2.28. The average Bonchev–Trinajstić information content (AvgIpc) is 2.59. The molecule has 0 saturated carbocycles. The van der Waals surface area contributed by atoms with Crippen molar-refractivity contribution in [3.05, 3.63) is 0 Å². The quantitative estimate of drug-likeness (QED) is 0.160. The molecule has 0 atom stereocenters. The summed E-state index contributed by atoms with van der Waals surface area (Å²) in [6, 6.07) is 0. The second-order valence-electron chi connectivity index (χ2n) is 8.13. The van der Waals surface area contributed by atoms with E-state index in [4.69, 9.17) is 0 Å². The van der Waals surface area contributed by atoms with Gasteiger partial charge in [-0.05, 0) is 38.5 Å². The van der Waals surface area contributed by atoms with E-state index in [2.05, 4.69) is 27.7 Å². The first-order valence-corrected chi connectivity index (χ1v) is 14.1. The molecule has 0 N–H and O–H groups in total. The van der Waals surface area contributed by atoms with Crippen LogP contribution in [0.5, 0.6) is 0 Å². The van der Waals surface area contributed by atoms with Gasteiger partial charge in [0, 0.05) is 7.26 Å². The SMILES string of the molecule is CCCCCCCC[P+](CCC)(CCCC)CCCCCCCC. The van der Waals surface area contributed by atoms with Gasteiger partial charge in [0.1, 0.15) is 0 Å². The molecule has 0 bridgehead atoms. The highest BCUT2D eigenvalue weighted by molar-refractivity contribution is 7.75. The number of hydrogen-bond acceptors (Lipinski definition) is 0. The molecule has 0 heterocycles. The summed E-state index contributed by atoms with van der Waals surface area (Å²) in [7, 11) is -0.624. The molecule has 0 rings (SSSR count). The van der Waals surface area contributed by atoms with Crippen LogP contribution in [0.3, 0.4) is 0 Å². The monoisotopic (exact) mass is 357 g/mol. The molecule has 0 unspecified atom stereocenters. The maximum Gasteiger partial charge on any atom is 0.0594 e. The summed E-state index contributed by atoms with van der Waals surface area (Å²) in [5.41, 5.74) is 0. The molecule has 0 aliphatic rings. The van der Waals surface area contributed by atoms with Gasteiger partial charge in [0.25, 0.3) is 0 Å². The van der Waals surface area contributed by atoms with E-state index in [0.29, 0.717) is 0 Å². The van der Waals surface area contributed by atoms with Crippen LogP contribution in [-0.4, -0.2) is 24.6 Å². The minimum absolute atomic E-state index is 0.624. The summed E-state index contributed by atoms with van der Waals surface area (Å²) < 4.78 is 0. The van der Waals surface area contributed by atoms with E-state index in [0.717, 1.165) is 0 Å². The van der Waals surface area contributed by atoms with Gasteiger partial charge in [-0.25, -0.2) is 0 Å². The molecular formula is C23H50P+. The van der Waals surface area contributed by atoms with Gasteiger partial charge in [-0.1, -0.05) is 85.5 Å². The standard InChI is InChI=1S/C23H50P/c1-5-9-12-14-16-18-22-24(20-8-4,21-11-7-3)23-19-17-15-13-10-6-2/h5-23H2,1-4H3/q+1. The zero-order chi connectivity index (χ0) is 17.9. The van der Waals surface area contributed by atoms with E-state index >= 15 is 0 Å². The maximum atomic E-state index is 2.43. The van der Waals surface area contributed by atoms with Crippen molar-refractivity contribution in [2.24, 2.45) is 0 Å². The van der Waals surface area contributed by atoms with Gasteiger partial charge in [0.15, 0.2) is 0 Å². The number of rotatable bonds is 19. The molecular weight excluding hydrogens is 307 g/mol. The van der Waals surface area contributed by atoms with Crippen molar-refractivity contribution >= 4 is 7.26 Å². The van der Waals surface area contributed by atoms with Crippen LogP contribution in [0.4, 0.5) is 0 Å². The first-order chi connectivity index (χ1) is 11.7. The summed E-state index contributed by atoms with van der Waals surface area (Å²) in [4.78, 5) is 0. The van der Waals surface area contributed by atoms with Gasteiger partial charge in [0.05, 0.1) is 24.6 Å². The van der Waals surface area contributed by atoms with Gasteiger partial charge in [-0.3, -0.25) is 0 Å². The summed E-state index contributed by atoms with van der Waals surface area (Å²) >= 11 is 0. The third-order valence-corrected chi connectivity index (χ3v) is 10.8. The van der Waals surface area contributed by atoms with Crippen molar-refractivity contribution < 1.29 is 0 Å². The summed E-state index contributed by atoms with van der Waals surface area (Å²) in [6.45, 7) is 9.46. The molecule has 0 aromatic carbocycles. The first kappa shape index (κ1) is 24.4. The molecule has 0 amide bonds. The highest BCUT2D eigenvalue weighted by Crippen LogP contribution is 2.61. The molecule has 0 aromatic rings. The molecule has 146 valence electrons. The van der Waals surface area contributed by atoms with Crippen molar-refractivity contribution in [3.63, 3.8) is 0 Å². The van der Waals surface area contributed by atoms with E-state index in [1.165, 1.54) is 96.3 Å². The number of unbranched alkanes of at least 4 members (excludes halogenated alkanes) is 11. The van der Waals surface area contributed by atoms with Gasteiger partial charge >= 0.3 is 0 Å². The Morgan fingerprint density at radius 3 is 1.12 bits per heavy atom. The second kappa shape index (κ2) is 18.2. The molecule has 0 aliphatic heterocycles. The van der Waals surface area contributed by atoms with Crippen LogP contribution in [-0.2, 0) is 0 Å². The van der Waals surface area contributed by atoms with E-state index < -0.39 is 7.26 Å². The van der Waals surface area contributed by atoms with Gasteiger partial charge in [-0.15, -0.1) is 0 Å². The van der Waals surface area contributed by atoms with Gasteiger partial charge in [0.2, 0.25) is 0 Å². The summed E-state index contributed by atoms with van der Waals surface area (Å²) in [5.74, 6) is 0. The summed E-state index contributed by atoms with van der Waals surface area (Å²) in [5, 5.41) is 0. The fourth-order valence-corrected chi connectivity index (χ4v) is 9.16. The van der Waals surface area contributed by atoms with Crippen LogP contribution in [0.15, 0.2) is 0 Å². The topological polar surface area (TPSA) is 0 Å². The fourth-order valence-electron chi connectivity index (χ4n) is 4.09. The Kier molecular flexibility index (Phi) is 18.6. The normalized spacial score (nSPS) is 12.0. The molecule has 0 radical (unpaired) electrons. The highest BCUT2D eigenvalue weighted by atomic mass is 31.2. The van der Waals surface area contributed by atoms with Crippen molar-refractivity contribution in [2.45, 2.75) is 124 Å². The highest BCUT2D eigenvalue weighted by Gasteiger charge is 2.34. The zero-order valence-electron chi connectivity index (χ0n) is 17.9. The zero-order valence-corrected chi connectivity index (χ0v) is 18.8. The van der Waals surface area contributed by atoms with Crippen LogP contribution >= 0.6 is 7.26 Å². The van der Waals surface area contributed by atoms with Crippen molar-refractivity contribution in [2.75, 3.05) is 24.6 Å². The van der Waals surface area contributed by atoms with Crippen LogP contribution in [0.2, 0.25) is 0 Å². The van der Waals surface area contributed by atoms with Crippen LogP contribution < -0.4 is 0 Å². The summed E-state index contributed by atoms with van der Waals surface area (Å²) in [6.07, 6.45) is 28.5. The first-order valence-electron chi connectivity index (χ1n) is 11.6. The third kappa shape index (κ3) is 13.7. The molecule has 0 fully saturated rings. The molecule has 0 nitrogen and oxygen atoms in total. The molecule has 0 spiro atoms. The minimum Gasteiger partial charge on any atom is -0.0654 e. The van der Waals surface area contributed by atoms with Crippen molar-refractivity contribution in [1.82, 2.24) is 0 Å². The molecule has 1 heteroatoms. The largest absolute Gasteiger partial charge is 0.0654 e. The van der Waals surface area contributed by atoms with Crippen LogP contribution in [0.1, 0.15) is 124 Å². The molecule has 0 aliphatic carbocycles. The third-order valence-electron chi connectivity index (χ3n) is 5.66. The Morgan fingerprint density at radius 2 is 0.708 bits per heavy atom. The second-order valence-corrected chi connectivity index (χ2v) is 12.6. The van der Waals surface area contributed by atoms with Gasteiger partial charge in [-0.2, -0.15) is 0 Å². The lowest BCUT2D eigenvalue weighted by atomic mass is 10.1. The van der Waals surface area contributed by atoms with E-state index in [1.54, 1.807) is 24.6 Å². The van der Waals surface area contributed by atoms with Gasteiger partial charge < -0.3 is 0 Å². The van der Waals surface area contributed by atoms with E-state index in [9.17, 15) is 0 Å². The Balaban J connectivity index is 4.23. The predicted octanol–water partition coefficient (Wildman–Crippen LogP) is 8.94. The smallest absolute Gasteiger partial charge is 0.0594 e. The number of hydrogen-bond donors (Lipinski definition) is 0. The maximum absolute atomic E-state index is 2.43. The minimum atomic E-state index is -0.624. The molecule has 0 aromatic heterocycles.